The van der Waals surface area contributed by atoms with Crippen LogP contribution >= 0.6 is 0 Å². The van der Waals surface area contributed by atoms with E-state index in [0.29, 0.717) is 16.8 Å². The molecule has 2 aliphatic heterocycles. The van der Waals surface area contributed by atoms with Crippen LogP contribution < -0.4 is 10.0 Å². The van der Waals surface area contributed by atoms with Gasteiger partial charge in [-0.1, -0.05) is 47.1 Å². The molecule has 7 nitrogen and oxygen atoms in total. The van der Waals surface area contributed by atoms with Crippen LogP contribution in [0.25, 0.3) is 0 Å². The van der Waals surface area contributed by atoms with Crippen molar-refractivity contribution in [3.63, 3.8) is 0 Å². The lowest BCUT2D eigenvalue weighted by Gasteiger charge is -2.20. The summed E-state index contributed by atoms with van der Waals surface area (Å²) in [5.74, 6) is 0. The molecule has 0 bridgehead atoms. The molecule has 0 atom stereocenters. The van der Waals surface area contributed by atoms with Gasteiger partial charge in [0.15, 0.2) is 5.71 Å². The summed E-state index contributed by atoms with van der Waals surface area (Å²) in [6, 6.07) is 19.8. The van der Waals surface area contributed by atoms with Crippen molar-refractivity contribution in [2.75, 3.05) is 4.90 Å². The fourth-order valence-corrected chi connectivity index (χ4v) is 5.24. The Labute approximate surface area is 166 Å². The second-order valence-corrected chi connectivity index (χ2v) is 8.38. The maximum atomic E-state index is 13.2. The van der Waals surface area contributed by atoms with Crippen LogP contribution in [0.2, 0.25) is 0 Å². The number of anilines is 1. The van der Waals surface area contributed by atoms with E-state index >= 15 is 0 Å². The molecular weight excluding hydrogens is 390 g/mol. The van der Waals surface area contributed by atoms with Crippen LogP contribution in [0, 0.1) is 0 Å². The highest BCUT2D eigenvalue weighted by molar-refractivity contribution is 7.91. The minimum atomic E-state index is -3.76. The number of hydrogen-bond acceptors (Lipinski definition) is 5. The van der Waals surface area contributed by atoms with Crippen molar-refractivity contribution < 1.29 is 23.0 Å². The SMILES string of the molecule is O=C1N(c2ccccc2)C([O-])=N[N+]1=C1c2ccccc2S(=O)(=O)c2ccccc21. The smallest absolute Gasteiger partial charge is 0.530 e. The molecule has 2 heterocycles. The van der Waals surface area contributed by atoms with Crippen molar-refractivity contribution in [2.24, 2.45) is 5.10 Å². The summed E-state index contributed by atoms with van der Waals surface area (Å²) < 4.78 is 27.1. The zero-order valence-electron chi connectivity index (χ0n) is 14.9. The predicted molar refractivity (Wildman–Crippen MR) is 104 cm³/mol. The van der Waals surface area contributed by atoms with Crippen LogP contribution in [-0.2, 0) is 9.84 Å². The molecule has 0 N–H and O–H groups in total. The number of benzene rings is 3. The Morgan fingerprint density at radius 2 is 1.31 bits per heavy atom. The molecule has 3 aromatic carbocycles. The molecule has 5 rings (SSSR count). The number of hydrazone groups is 1. The largest absolute Gasteiger partial charge is 0.824 e. The average molecular weight is 403 g/mol. The van der Waals surface area contributed by atoms with Crippen LogP contribution in [0.5, 0.6) is 0 Å². The average Bonchev–Trinajstić information content (AvgIpc) is 3.03. The highest BCUT2D eigenvalue weighted by Crippen LogP contribution is 2.35. The van der Waals surface area contributed by atoms with Gasteiger partial charge in [0.1, 0.15) is 5.69 Å². The number of sulfone groups is 1. The first-order valence-electron chi connectivity index (χ1n) is 8.76. The van der Waals surface area contributed by atoms with E-state index in [2.05, 4.69) is 5.10 Å². The molecule has 8 heteroatoms. The van der Waals surface area contributed by atoms with Crippen LogP contribution in [0.1, 0.15) is 11.1 Å². The number of hydrogen-bond donors (Lipinski definition) is 0. The van der Waals surface area contributed by atoms with Crippen molar-refractivity contribution in [3.05, 3.63) is 90.0 Å². The first-order valence-corrected chi connectivity index (χ1v) is 10.2. The molecule has 0 radical (unpaired) electrons. The van der Waals surface area contributed by atoms with Gasteiger partial charge in [0.2, 0.25) is 15.9 Å². The van der Waals surface area contributed by atoms with Crippen molar-refractivity contribution in [3.8, 4) is 0 Å². The molecule has 0 spiro atoms. The van der Waals surface area contributed by atoms with E-state index in [4.69, 9.17) is 0 Å². The van der Waals surface area contributed by atoms with E-state index in [1.165, 1.54) is 12.1 Å². The molecule has 2 aliphatic rings. The number of fused-ring (bicyclic) bond motifs is 2. The van der Waals surface area contributed by atoms with Crippen molar-refractivity contribution in [1.82, 2.24) is 0 Å². The topological polar surface area (TPSA) is 92.9 Å². The van der Waals surface area contributed by atoms with Gasteiger partial charge in [-0.25, -0.2) is 8.42 Å². The zero-order chi connectivity index (χ0) is 20.2. The number of rotatable bonds is 1. The van der Waals surface area contributed by atoms with Gasteiger partial charge in [0.05, 0.1) is 9.79 Å². The minimum Gasteiger partial charge on any atom is -0.824 e. The third-order valence-electron chi connectivity index (χ3n) is 4.84. The quantitative estimate of drug-likeness (QED) is 0.454. The summed E-state index contributed by atoms with van der Waals surface area (Å²) in [5.41, 5.74) is 1.30. The van der Waals surface area contributed by atoms with Crippen LogP contribution in [-0.4, -0.2) is 30.9 Å². The fourth-order valence-electron chi connectivity index (χ4n) is 3.58. The predicted octanol–water partition coefficient (Wildman–Crippen LogP) is 1.95. The number of para-hydroxylation sites is 1. The molecule has 0 fully saturated rings. The van der Waals surface area contributed by atoms with E-state index in [1.54, 1.807) is 66.7 Å². The van der Waals surface area contributed by atoms with Gasteiger partial charge >= 0.3 is 6.03 Å². The Morgan fingerprint density at radius 3 is 1.90 bits per heavy atom. The van der Waals surface area contributed by atoms with Crippen molar-refractivity contribution in [2.45, 2.75) is 9.79 Å². The lowest BCUT2D eigenvalue weighted by atomic mass is 10.0. The second kappa shape index (κ2) is 6.11. The number of carbonyl (C=O) groups excluding carboxylic acids is 1. The molecule has 0 saturated heterocycles. The summed E-state index contributed by atoms with van der Waals surface area (Å²) in [5, 5.41) is 16.5. The van der Waals surface area contributed by atoms with Gasteiger partial charge in [-0.2, -0.15) is 4.79 Å². The highest BCUT2D eigenvalue weighted by Gasteiger charge is 2.43. The molecule has 2 amide bonds. The molecule has 0 saturated carbocycles. The molecule has 3 aromatic rings. The summed E-state index contributed by atoms with van der Waals surface area (Å²) in [7, 11) is -3.76. The molecular formula is C21H13N3O4S. The van der Waals surface area contributed by atoms with E-state index in [-0.39, 0.29) is 15.5 Å². The molecule has 29 heavy (non-hydrogen) atoms. The van der Waals surface area contributed by atoms with Gasteiger partial charge in [-0.3, -0.25) is 0 Å². The molecule has 0 aliphatic carbocycles. The lowest BCUT2D eigenvalue weighted by molar-refractivity contribution is -0.427. The van der Waals surface area contributed by atoms with Crippen LogP contribution in [0.4, 0.5) is 10.5 Å². The summed E-state index contributed by atoms with van der Waals surface area (Å²) in [6.45, 7) is 0. The lowest BCUT2D eigenvalue weighted by Crippen LogP contribution is -2.41. The van der Waals surface area contributed by atoms with Crippen LogP contribution in [0.3, 0.4) is 0 Å². The first-order chi connectivity index (χ1) is 14.0. The standard InChI is InChI=1S/C21H13N3O4S/c25-20-22-24(21(26)23(20)14-8-2-1-3-9-14)19-15-10-4-6-12-17(15)29(27,28)18-13-7-5-11-16(18)19/h1-13H. The molecule has 0 aromatic heterocycles. The third-order valence-corrected chi connectivity index (χ3v) is 6.71. The van der Waals surface area contributed by atoms with E-state index in [0.717, 1.165) is 9.58 Å². The number of amidine groups is 1. The monoisotopic (exact) mass is 403 g/mol. The number of carbonyl (C=O) groups is 1. The Balaban J connectivity index is 1.82. The number of amides is 2. The molecule has 142 valence electrons. The fraction of sp³-hybridized carbons (Fsp3) is 0. The summed E-state index contributed by atoms with van der Waals surface area (Å²) in [4.78, 5) is 14.3. The Morgan fingerprint density at radius 1 is 0.793 bits per heavy atom. The highest BCUT2D eigenvalue weighted by atomic mass is 32.2. The minimum absolute atomic E-state index is 0.0716. The van der Waals surface area contributed by atoms with E-state index < -0.39 is 21.9 Å². The van der Waals surface area contributed by atoms with Gasteiger partial charge in [-0.05, 0) is 41.5 Å². The second-order valence-electron chi connectivity index (χ2n) is 6.49. The van der Waals surface area contributed by atoms with Crippen molar-refractivity contribution >= 4 is 33.3 Å². The number of urea groups is 1. The first kappa shape index (κ1) is 17.3. The maximum Gasteiger partial charge on any atom is 0.530 e. The van der Waals surface area contributed by atoms with Gasteiger partial charge in [0, 0.05) is 11.1 Å². The summed E-state index contributed by atoms with van der Waals surface area (Å²) in [6.07, 6.45) is 0. The maximum absolute atomic E-state index is 13.2. The normalized spacial score (nSPS) is 17.0. The summed E-state index contributed by atoms with van der Waals surface area (Å²) >= 11 is 0. The van der Waals surface area contributed by atoms with Gasteiger partial charge in [0.25, 0.3) is 0 Å². The van der Waals surface area contributed by atoms with E-state index in [9.17, 15) is 18.3 Å². The van der Waals surface area contributed by atoms with E-state index in [1.807, 2.05) is 0 Å². The Bertz CT molecular complexity index is 1290. The van der Waals surface area contributed by atoms with Gasteiger partial charge < -0.3 is 5.11 Å². The Kier molecular flexibility index (Phi) is 3.65. The van der Waals surface area contributed by atoms with Crippen LogP contribution in [0.15, 0.2) is 93.8 Å². The zero-order valence-corrected chi connectivity index (χ0v) is 15.7. The molecule has 0 unspecified atom stereocenters. The number of nitrogens with zero attached hydrogens (tertiary/aromatic N) is 3. The third kappa shape index (κ3) is 2.43. The Hall–Kier alpha value is -3.78. The van der Waals surface area contributed by atoms with Crippen molar-refractivity contribution in [1.29, 1.82) is 0 Å². The van der Waals surface area contributed by atoms with Gasteiger partial charge in [-0.15, -0.1) is 4.90 Å².